The zero-order chi connectivity index (χ0) is 21.0. The van der Waals surface area contributed by atoms with Crippen molar-refractivity contribution in [2.75, 3.05) is 20.1 Å². The predicted octanol–water partition coefficient (Wildman–Crippen LogP) is 3.84. The monoisotopic (exact) mass is 405 g/mol. The van der Waals surface area contributed by atoms with Gasteiger partial charge in [0, 0.05) is 44.5 Å². The van der Waals surface area contributed by atoms with Crippen molar-refractivity contribution in [3.8, 4) is 11.1 Å². The lowest BCUT2D eigenvalue weighted by atomic mass is 9.78. The topological polar surface area (TPSA) is 62.3 Å². The van der Waals surface area contributed by atoms with E-state index in [-0.39, 0.29) is 11.8 Å². The van der Waals surface area contributed by atoms with Crippen LogP contribution in [0.2, 0.25) is 0 Å². The SMILES string of the molecule is CNC(=O)[C@@]1(Cc2ccccc2-c2cccnc2)CCN(C(=O)CC2CCCC2)C1. The second-order valence-corrected chi connectivity index (χ2v) is 8.85. The molecule has 5 heteroatoms. The second kappa shape index (κ2) is 8.99. The second-order valence-electron chi connectivity index (χ2n) is 8.85. The molecule has 1 saturated heterocycles. The number of hydrogen-bond acceptors (Lipinski definition) is 3. The van der Waals surface area contributed by atoms with Crippen molar-refractivity contribution in [3.05, 3.63) is 54.4 Å². The van der Waals surface area contributed by atoms with E-state index in [2.05, 4.69) is 22.4 Å². The Morgan fingerprint density at radius 1 is 1.17 bits per heavy atom. The molecule has 0 bridgehead atoms. The fourth-order valence-electron chi connectivity index (χ4n) is 5.19. The molecule has 2 aliphatic rings. The van der Waals surface area contributed by atoms with E-state index in [0.717, 1.165) is 16.7 Å². The fourth-order valence-corrected chi connectivity index (χ4v) is 5.19. The third-order valence-corrected chi connectivity index (χ3v) is 6.87. The molecule has 1 aromatic carbocycles. The summed E-state index contributed by atoms with van der Waals surface area (Å²) in [4.78, 5) is 32.2. The lowest BCUT2D eigenvalue weighted by Crippen LogP contribution is -2.44. The molecule has 158 valence electrons. The maximum atomic E-state index is 13.0. The molecule has 1 saturated carbocycles. The summed E-state index contributed by atoms with van der Waals surface area (Å²) >= 11 is 0. The first-order valence-corrected chi connectivity index (χ1v) is 11.1. The Morgan fingerprint density at radius 3 is 2.70 bits per heavy atom. The van der Waals surface area contributed by atoms with Crippen molar-refractivity contribution in [1.29, 1.82) is 0 Å². The summed E-state index contributed by atoms with van der Waals surface area (Å²) in [5.74, 6) is 0.770. The smallest absolute Gasteiger partial charge is 0.228 e. The van der Waals surface area contributed by atoms with E-state index in [1.54, 1.807) is 13.2 Å². The van der Waals surface area contributed by atoms with Gasteiger partial charge >= 0.3 is 0 Å². The summed E-state index contributed by atoms with van der Waals surface area (Å²) in [6.07, 6.45) is 10.4. The molecule has 5 nitrogen and oxygen atoms in total. The highest BCUT2D eigenvalue weighted by molar-refractivity contribution is 5.86. The molecule has 2 heterocycles. The number of amides is 2. The standard InChI is InChI=1S/C25H31N3O2/c1-26-24(30)25(12-14-28(18-25)23(29)15-19-7-2-3-8-19)16-20-9-4-5-11-22(20)21-10-6-13-27-17-21/h4-6,9-11,13,17,19H,2-3,7-8,12,14-16,18H2,1H3,(H,26,30)/t25-/m1/s1. The van der Waals surface area contributed by atoms with E-state index >= 15 is 0 Å². The van der Waals surface area contributed by atoms with Crippen molar-refractivity contribution in [1.82, 2.24) is 15.2 Å². The van der Waals surface area contributed by atoms with Crippen LogP contribution in [0.15, 0.2) is 48.8 Å². The molecule has 30 heavy (non-hydrogen) atoms. The first-order valence-electron chi connectivity index (χ1n) is 11.1. The average Bonchev–Trinajstić information content (AvgIpc) is 3.45. The Bertz CT molecular complexity index is 892. The Hall–Kier alpha value is -2.69. The van der Waals surface area contributed by atoms with Crippen LogP contribution in [-0.4, -0.2) is 41.8 Å². The minimum Gasteiger partial charge on any atom is -0.359 e. The van der Waals surface area contributed by atoms with Crippen LogP contribution in [0.4, 0.5) is 0 Å². The summed E-state index contributed by atoms with van der Waals surface area (Å²) in [5.41, 5.74) is 2.69. The third-order valence-electron chi connectivity index (χ3n) is 6.87. The number of rotatable bonds is 6. The molecule has 4 rings (SSSR count). The Morgan fingerprint density at radius 2 is 1.97 bits per heavy atom. The van der Waals surface area contributed by atoms with Crippen molar-refractivity contribution < 1.29 is 9.59 Å². The van der Waals surface area contributed by atoms with Gasteiger partial charge in [-0.05, 0) is 48.8 Å². The van der Waals surface area contributed by atoms with Crippen LogP contribution in [0.3, 0.4) is 0 Å². The zero-order valence-electron chi connectivity index (χ0n) is 17.8. The highest BCUT2D eigenvalue weighted by Gasteiger charge is 2.46. The number of carbonyl (C=O) groups excluding carboxylic acids is 2. The number of pyridine rings is 1. The Balaban J connectivity index is 1.56. The van der Waals surface area contributed by atoms with Gasteiger partial charge < -0.3 is 10.2 Å². The quantitative estimate of drug-likeness (QED) is 0.794. The predicted molar refractivity (Wildman–Crippen MR) is 118 cm³/mol. The van der Waals surface area contributed by atoms with Gasteiger partial charge in [0.2, 0.25) is 11.8 Å². The van der Waals surface area contributed by atoms with Crippen LogP contribution in [0.25, 0.3) is 11.1 Å². The molecule has 0 radical (unpaired) electrons. The van der Waals surface area contributed by atoms with Gasteiger partial charge in [-0.2, -0.15) is 0 Å². The van der Waals surface area contributed by atoms with Gasteiger partial charge in [-0.25, -0.2) is 0 Å². The maximum absolute atomic E-state index is 13.0. The third kappa shape index (κ3) is 4.25. The number of aromatic nitrogens is 1. The largest absolute Gasteiger partial charge is 0.359 e. The summed E-state index contributed by atoms with van der Waals surface area (Å²) in [6, 6.07) is 12.2. The van der Waals surface area contributed by atoms with Crippen molar-refractivity contribution in [2.45, 2.75) is 44.9 Å². The first kappa shape index (κ1) is 20.6. The minimum absolute atomic E-state index is 0.0275. The van der Waals surface area contributed by atoms with Crippen LogP contribution < -0.4 is 5.32 Å². The fraction of sp³-hybridized carbons (Fsp3) is 0.480. The van der Waals surface area contributed by atoms with Crippen LogP contribution in [0.1, 0.15) is 44.1 Å². The van der Waals surface area contributed by atoms with E-state index in [0.29, 0.717) is 38.3 Å². The molecule has 2 fully saturated rings. The van der Waals surface area contributed by atoms with Crippen LogP contribution >= 0.6 is 0 Å². The van der Waals surface area contributed by atoms with E-state index in [1.165, 1.54) is 25.7 Å². The highest BCUT2D eigenvalue weighted by atomic mass is 16.2. The minimum atomic E-state index is -0.585. The van der Waals surface area contributed by atoms with Crippen LogP contribution in [0, 0.1) is 11.3 Å². The molecular formula is C25H31N3O2. The van der Waals surface area contributed by atoms with Gasteiger partial charge in [-0.1, -0.05) is 43.2 Å². The molecule has 1 aromatic heterocycles. The van der Waals surface area contributed by atoms with Gasteiger partial charge in [-0.3, -0.25) is 14.6 Å². The number of hydrogen-bond donors (Lipinski definition) is 1. The van der Waals surface area contributed by atoms with Gasteiger partial charge in [-0.15, -0.1) is 0 Å². The lowest BCUT2D eigenvalue weighted by molar-refractivity contribution is -0.133. The number of likely N-dealkylation sites (tertiary alicyclic amines) is 1. The highest BCUT2D eigenvalue weighted by Crippen LogP contribution is 2.38. The molecule has 1 atom stereocenters. The summed E-state index contributed by atoms with van der Waals surface area (Å²) in [7, 11) is 1.69. The molecule has 1 aliphatic carbocycles. The van der Waals surface area contributed by atoms with E-state index in [1.807, 2.05) is 35.4 Å². The molecule has 2 aromatic rings. The lowest BCUT2D eigenvalue weighted by Gasteiger charge is -2.29. The Labute approximate surface area is 178 Å². The average molecular weight is 406 g/mol. The summed E-state index contributed by atoms with van der Waals surface area (Å²) in [5, 5.41) is 2.87. The number of nitrogens with zero attached hydrogens (tertiary/aromatic N) is 2. The normalized spacial score (nSPS) is 21.7. The van der Waals surface area contributed by atoms with Crippen molar-refractivity contribution in [3.63, 3.8) is 0 Å². The zero-order valence-corrected chi connectivity index (χ0v) is 17.8. The van der Waals surface area contributed by atoms with Gasteiger partial charge in [0.15, 0.2) is 0 Å². The van der Waals surface area contributed by atoms with Crippen molar-refractivity contribution >= 4 is 11.8 Å². The van der Waals surface area contributed by atoms with Gasteiger partial charge in [0.05, 0.1) is 5.41 Å². The van der Waals surface area contributed by atoms with Crippen LogP contribution in [0.5, 0.6) is 0 Å². The first-order chi connectivity index (χ1) is 14.6. The van der Waals surface area contributed by atoms with Gasteiger partial charge in [0.1, 0.15) is 0 Å². The van der Waals surface area contributed by atoms with Crippen molar-refractivity contribution in [2.24, 2.45) is 11.3 Å². The molecule has 2 amide bonds. The summed E-state index contributed by atoms with van der Waals surface area (Å²) in [6.45, 7) is 1.16. The summed E-state index contributed by atoms with van der Waals surface area (Å²) < 4.78 is 0. The molecule has 1 N–H and O–H groups in total. The maximum Gasteiger partial charge on any atom is 0.228 e. The number of nitrogens with one attached hydrogen (secondary N) is 1. The van der Waals surface area contributed by atoms with Crippen LogP contribution in [-0.2, 0) is 16.0 Å². The van der Waals surface area contributed by atoms with E-state index in [4.69, 9.17) is 0 Å². The van der Waals surface area contributed by atoms with Gasteiger partial charge in [0.25, 0.3) is 0 Å². The van der Waals surface area contributed by atoms with E-state index in [9.17, 15) is 9.59 Å². The number of benzene rings is 1. The molecule has 0 spiro atoms. The van der Waals surface area contributed by atoms with E-state index < -0.39 is 5.41 Å². The Kier molecular flexibility index (Phi) is 6.16. The molecular weight excluding hydrogens is 374 g/mol. The molecule has 1 aliphatic heterocycles. The molecule has 0 unspecified atom stereocenters. The number of carbonyl (C=O) groups is 2.